The number of rotatable bonds is 6. The molecule has 3 aromatic rings. The molecule has 1 saturated carbocycles. The number of hydrogen-bond donors (Lipinski definition) is 1. The zero-order valence-corrected chi connectivity index (χ0v) is 30.6. The minimum absolute atomic E-state index is 0.169. The van der Waals surface area contributed by atoms with Gasteiger partial charge in [0.2, 0.25) is 15.9 Å². The fourth-order valence-electron chi connectivity index (χ4n) is 9.34. The quantitative estimate of drug-likeness (QED) is 0.318. The van der Waals surface area contributed by atoms with E-state index in [9.17, 15) is 18.0 Å². The number of amides is 2. The van der Waals surface area contributed by atoms with Gasteiger partial charge in [0, 0.05) is 47.2 Å². The summed E-state index contributed by atoms with van der Waals surface area (Å²) in [7, 11) is 0.110. The number of methoxy groups -OCH3 is 1. The zero-order chi connectivity index (χ0) is 34.7. The molecule has 264 valence electrons. The lowest BCUT2D eigenvalue weighted by molar-refractivity contribution is -0.144. The van der Waals surface area contributed by atoms with E-state index in [0.29, 0.717) is 24.4 Å². The first-order valence-electron chi connectivity index (χ1n) is 18.3. The van der Waals surface area contributed by atoms with E-state index in [1.807, 2.05) is 18.2 Å². The smallest absolute Gasteiger partial charge is 0.264 e. The van der Waals surface area contributed by atoms with Crippen molar-refractivity contribution in [2.75, 3.05) is 33.8 Å². The van der Waals surface area contributed by atoms with Crippen LogP contribution in [0.3, 0.4) is 0 Å². The molecular weight excluding hydrogens is 637 g/mol. The van der Waals surface area contributed by atoms with Gasteiger partial charge in [-0.2, -0.15) is 0 Å². The number of carbonyl (C=O) groups excluding carboxylic acids is 2. The number of piperidine rings is 1. The SMILES string of the molecule is COc1ccc2c(c1)CC(C)(C(=O)N1CCC3(CCCN3C)CC1)Cn1c-2c(C2CCCCC2)c2ccc(C(=O)NS(=O)(=O)C(C)C)cc21. The third-order valence-corrected chi connectivity index (χ3v) is 14.0. The van der Waals surface area contributed by atoms with E-state index >= 15 is 0 Å². The van der Waals surface area contributed by atoms with Crippen molar-refractivity contribution in [3.8, 4) is 17.0 Å². The average Bonchev–Trinajstić information content (AvgIpc) is 3.55. The predicted molar refractivity (Wildman–Crippen MR) is 193 cm³/mol. The number of aromatic nitrogens is 1. The Morgan fingerprint density at radius 2 is 1.69 bits per heavy atom. The van der Waals surface area contributed by atoms with E-state index in [1.165, 1.54) is 37.7 Å². The van der Waals surface area contributed by atoms with Crippen LogP contribution >= 0.6 is 0 Å². The van der Waals surface area contributed by atoms with E-state index < -0.39 is 26.6 Å². The van der Waals surface area contributed by atoms with Gasteiger partial charge in [-0.15, -0.1) is 0 Å². The molecule has 10 heteroatoms. The van der Waals surface area contributed by atoms with Crippen LogP contribution in [-0.2, 0) is 27.8 Å². The minimum atomic E-state index is -3.81. The summed E-state index contributed by atoms with van der Waals surface area (Å²) in [4.78, 5) is 32.9. The molecule has 3 aliphatic heterocycles. The highest BCUT2D eigenvalue weighted by Crippen LogP contribution is 2.49. The Kier molecular flexibility index (Phi) is 8.87. The van der Waals surface area contributed by atoms with Crippen molar-refractivity contribution in [1.29, 1.82) is 0 Å². The van der Waals surface area contributed by atoms with Crippen molar-refractivity contribution in [2.45, 2.75) is 108 Å². The number of hydrogen-bond acceptors (Lipinski definition) is 6. The van der Waals surface area contributed by atoms with E-state index in [4.69, 9.17) is 4.74 Å². The van der Waals surface area contributed by atoms with Gasteiger partial charge in [-0.25, -0.2) is 13.1 Å². The first-order valence-corrected chi connectivity index (χ1v) is 19.8. The van der Waals surface area contributed by atoms with Crippen LogP contribution in [0.1, 0.15) is 106 Å². The maximum atomic E-state index is 14.9. The number of ether oxygens (including phenoxy) is 1. The Morgan fingerprint density at radius 1 is 0.959 bits per heavy atom. The highest BCUT2D eigenvalue weighted by Gasteiger charge is 2.46. The summed E-state index contributed by atoms with van der Waals surface area (Å²) in [6.07, 6.45) is 10.7. The fourth-order valence-corrected chi connectivity index (χ4v) is 9.95. The summed E-state index contributed by atoms with van der Waals surface area (Å²) in [6.45, 7) is 8.31. The van der Waals surface area contributed by atoms with Crippen molar-refractivity contribution >= 4 is 32.7 Å². The molecule has 0 bridgehead atoms. The fraction of sp³-hybridized carbons (Fsp3) is 0.590. The van der Waals surface area contributed by atoms with Gasteiger partial charge < -0.3 is 19.1 Å². The molecule has 7 rings (SSSR count). The standard InChI is InChI=1S/C39H52N4O5S/c1-26(2)49(46,47)40-36(44)28-12-14-32-33(23-28)43-25-38(3,37(45)42-20-17-39(18-21-42)16-9-19-41(39)4)24-29-22-30(48-5)13-15-31(29)35(43)34(32)27-10-7-6-8-11-27/h12-15,22-23,26-27H,6-11,16-21,24-25H2,1-5H3,(H,40,44). The normalized spacial score (nSPS) is 23.0. The molecule has 1 unspecified atom stereocenters. The molecule has 1 atom stereocenters. The number of nitrogens with zero attached hydrogens (tertiary/aromatic N) is 3. The van der Waals surface area contributed by atoms with Crippen LogP contribution in [-0.4, -0.2) is 79.2 Å². The summed E-state index contributed by atoms with van der Waals surface area (Å²) < 4.78 is 35.6. The number of carbonyl (C=O) groups is 2. The van der Waals surface area contributed by atoms with Gasteiger partial charge in [0.25, 0.3) is 5.91 Å². The number of sulfonamides is 1. The maximum Gasteiger partial charge on any atom is 0.264 e. The molecule has 49 heavy (non-hydrogen) atoms. The van der Waals surface area contributed by atoms with Crippen LogP contribution in [0.5, 0.6) is 5.75 Å². The van der Waals surface area contributed by atoms with E-state index in [1.54, 1.807) is 27.0 Å². The third-order valence-electron chi connectivity index (χ3n) is 12.3. The van der Waals surface area contributed by atoms with Crippen molar-refractivity contribution in [2.24, 2.45) is 5.41 Å². The first kappa shape index (κ1) is 34.1. The van der Waals surface area contributed by atoms with Crippen molar-refractivity contribution in [3.05, 3.63) is 53.1 Å². The number of benzene rings is 2. The molecule has 1 aliphatic carbocycles. The van der Waals surface area contributed by atoms with Gasteiger partial charge >= 0.3 is 0 Å². The topological polar surface area (TPSA) is 101 Å². The summed E-state index contributed by atoms with van der Waals surface area (Å²) in [5.74, 6) is 0.654. The van der Waals surface area contributed by atoms with Gasteiger partial charge in [-0.05, 0) is 127 Å². The van der Waals surface area contributed by atoms with E-state index in [0.717, 1.165) is 78.8 Å². The second-order valence-corrected chi connectivity index (χ2v) is 18.0. The lowest BCUT2D eigenvalue weighted by Gasteiger charge is -2.45. The molecule has 2 aromatic carbocycles. The molecule has 1 N–H and O–H groups in total. The summed E-state index contributed by atoms with van der Waals surface area (Å²) in [5, 5.41) is 0.342. The summed E-state index contributed by atoms with van der Waals surface area (Å²) >= 11 is 0. The largest absolute Gasteiger partial charge is 0.497 e. The monoisotopic (exact) mass is 688 g/mol. The molecule has 1 aromatic heterocycles. The van der Waals surface area contributed by atoms with Crippen LogP contribution in [0.4, 0.5) is 0 Å². The summed E-state index contributed by atoms with van der Waals surface area (Å²) in [6, 6.07) is 11.9. The molecule has 2 saturated heterocycles. The molecule has 3 fully saturated rings. The molecule has 2 amide bonds. The molecular formula is C39H52N4O5S. The van der Waals surface area contributed by atoms with E-state index in [-0.39, 0.29) is 11.4 Å². The van der Waals surface area contributed by atoms with Gasteiger partial charge in [0.1, 0.15) is 5.75 Å². The molecule has 0 radical (unpaired) electrons. The maximum absolute atomic E-state index is 14.9. The lowest BCUT2D eigenvalue weighted by Crippen LogP contribution is -2.55. The highest BCUT2D eigenvalue weighted by atomic mass is 32.2. The predicted octanol–water partition coefficient (Wildman–Crippen LogP) is 6.48. The highest BCUT2D eigenvalue weighted by molar-refractivity contribution is 7.90. The van der Waals surface area contributed by atoms with Crippen molar-refractivity contribution in [3.63, 3.8) is 0 Å². The van der Waals surface area contributed by atoms with Crippen molar-refractivity contribution < 1.29 is 22.7 Å². The third kappa shape index (κ3) is 5.96. The second-order valence-electron chi connectivity index (χ2n) is 15.7. The first-order chi connectivity index (χ1) is 23.4. The Morgan fingerprint density at radius 3 is 2.35 bits per heavy atom. The van der Waals surface area contributed by atoms with Gasteiger partial charge in [0.15, 0.2) is 0 Å². The Labute approximate surface area is 291 Å². The molecule has 4 heterocycles. The lowest BCUT2D eigenvalue weighted by atomic mass is 9.78. The van der Waals surface area contributed by atoms with Gasteiger partial charge in [-0.1, -0.05) is 25.3 Å². The van der Waals surface area contributed by atoms with Crippen LogP contribution in [0, 0.1) is 5.41 Å². The second kappa shape index (κ2) is 12.7. The van der Waals surface area contributed by atoms with Crippen molar-refractivity contribution in [1.82, 2.24) is 19.1 Å². The number of likely N-dealkylation sites (tertiary alicyclic amines) is 2. The van der Waals surface area contributed by atoms with E-state index in [2.05, 4.69) is 45.2 Å². The van der Waals surface area contributed by atoms with Gasteiger partial charge in [0.05, 0.1) is 23.5 Å². The zero-order valence-electron chi connectivity index (χ0n) is 29.8. The van der Waals surface area contributed by atoms with Gasteiger partial charge in [-0.3, -0.25) is 9.59 Å². The molecule has 1 spiro atoms. The number of fused-ring (bicyclic) bond motifs is 5. The number of nitrogens with one attached hydrogen (secondary N) is 1. The Hall–Kier alpha value is -3.37. The van der Waals surface area contributed by atoms with Crippen LogP contribution in [0.15, 0.2) is 36.4 Å². The van der Waals surface area contributed by atoms with Crippen LogP contribution in [0.2, 0.25) is 0 Å². The average molecular weight is 689 g/mol. The van der Waals surface area contributed by atoms with Crippen LogP contribution < -0.4 is 9.46 Å². The summed E-state index contributed by atoms with van der Waals surface area (Å²) in [5.41, 5.74) is 5.22. The Bertz CT molecular complexity index is 1880. The molecule has 9 nitrogen and oxygen atoms in total. The molecule has 4 aliphatic rings. The minimum Gasteiger partial charge on any atom is -0.497 e. The van der Waals surface area contributed by atoms with Crippen LogP contribution in [0.25, 0.3) is 22.2 Å². The Balaban J connectivity index is 1.37.